The van der Waals surface area contributed by atoms with Crippen molar-refractivity contribution in [1.29, 1.82) is 0 Å². The van der Waals surface area contributed by atoms with Gasteiger partial charge in [-0.1, -0.05) is 0 Å². The van der Waals surface area contributed by atoms with E-state index < -0.39 is 10.0 Å². The molecule has 0 spiro atoms. The molecule has 29 heavy (non-hydrogen) atoms. The second kappa shape index (κ2) is 7.72. The van der Waals surface area contributed by atoms with Crippen LogP contribution in [0.3, 0.4) is 0 Å². The average Bonchev–Trinajstić information content (AvgIpc) is 3.21. The van der Waals surface area contributed by atoms with Gasteiger partial charge in [0.25, 0.3) is 0 Å². The number of rotatable bonds is 4. The summed E-state index contributed by atoms with van der Waals surface area (Å²) in [5.41, 5.74) is 2.44. The predicted octanol–water partition coefficient (Wildman–Crippen LogP) is 2.09. The molecule has 1 fully saturated rings. The number of nitrogens with zero attached hydrogens (tertiary/aromatic N) is 4. The molecule has 2 aliphatic heterocycles. The zero-order chi connectivity index (χ0) is 20.6. The molecule has 2 aliphatic rings. The molecular formula is C20H25N5O3S. The van der Waals surface area contributed by atoms with Crippen molar-refractivity contribution in [2.75, 3.05) is 29.9 Å². The van der Waals surface area contributed by atoms with Crippen molar-refractivity contribution in [2.45, 2.75) is 44.6 Å². The average molecular weight is 416 g/mol. The van der Waals surface area contributed by atoms with E-state index in [1.54, 1.807) is 12.1 Å². The summed E-state index contributed by atoms with van der Waals surface area (Å²) in [4.78, 5) is 22.9. The van der Waals surface area contributed by atoms with Gasteiger partial charge in [-0.25, -0.2) is 18.4 Å². The van der Waals surface area contributed by atoms with E-state index >= 15 is 0 Å². The highest BCUT2D eigenvalue weighted by atomic mass is 32.2. The number of aromatic nitrogens is 2. The maximum Gasteiger partial charge on any atom is 0.243 e. The maximum atomic E-state index is 13.2. The number of benzene rings is 1. The van der Waals surface area contributed by atoms with Crippen LogP contribution in [-0.4, -0.2) is 48.2 Å². The van der Waals surface area contributed by atoms with Gasteiger partial charge in [0.05, 0.1) is 10.6 Å². The fourth-order valence-corrected chi connectivity index (χ4v) is 5.36. The van der Waals surface area contributed by atoms with Crippen LogP contribution in [0.1, 0.15) is 36.8 Å². The van der Waals surface area contributed by atoms with Crippen LogP contribution in [0, 0.1) is 6.92 Å². The minimum atomic E-state index is -3.65. The Balaban J connectivity index is 1.62. The summed E-state index contributed by atoms with van der Waals surface area (Å²) in [6, 6.07) is 6.27. The number of anilines is 2. The lowest BCUT2D eigenvalue weighted by Gasteiger charge is -2.31. The summed E-state index contributed by atoms with van der Waals surface area (Å²) in [6.45, 7) is 5.85. The maximum absolute atomic E-state index is 13.2. The number of fused-ring (bicyclic) bond motifs is 1. The third-order valence-electron chi connectivity index (χ3n) is 5.33. The van der Waals surface area contributed by atoms with Gasteiger partial charge in [0.2, 0.25) is 15.9 Å². The van der Waals surface area contributed by atoms with Crippen molar-refractivity contribution in [3.8, 4) is 0 Å². The normalized spacial score (nSPS) is 17.2. The molecule has 0 radical (unpaired) electrons. The molecule has 154 valence electrons. The standard InChI is InChI=1S/C20H25N5O3S/c1-14-21-19-9-12-25(13-18(19)20(22-14)24-10-3-4-11-24)29(27,28)17-7-5-16(6-8-17)23-15(2)26/h5-8H,3-4,9-13H2,1-2H3,(H,23,26). The molecule has 0 saturated carbocycles. The molecule has 0 unspecified atom stereocenters. The molecule has 0 atom stereocenters. The number of hydrogen-bond donors (Lipinski definition) is 1. The molecule has 0 bridgehead atoms. The molecule has 1 N–H and O–H groups in total. The van der Waals surface area contributed by atoms with Gasteiger partial charge < -0.3 is 10.2 Å². The third kappa shape index (κ3) is 3.97. The van der Waals surface area contributed by atoms with E-state index in [2.05, 4.69) is 20.2 Å². The quantitative estimate of drug-likeness (QED) is 0.822. The van der Waals surface area contributed by atoms with Crippen molar-refractivity contribution in [2.24, 2.45) is 0 Å². The van der Waals surface area contributed by atoms with Crippen LogP contribution in [0.25, 0.3) is 0 Å². The third-order valence-corrected chi connectivity index (χ3v) is 7.19. The molecular weight excluding hydrogens is 390 g/mol. The number of carbonyl (C=O) groups excluding carboxylic acids is 1. The zero-order valence-corrected chi connectivity index (χ0v) is 17.5. The van der Waals surface area contributed by atoms with Crippen molar-refractivity contribution in [1.82, 2.24) is 14.3 Å². The first-order chi connectivity index (χ1) is 13.8. The monoisotopic (exact) mass is 415 g/mol. The molecule has 4 rings (SSSR count). The van der Waals surface area contributed by atoms with Crippen LogP contribution in [0.5, 0.6) is 0 Å². The Morgan fingerprint density at radius 2 is 1.76 bits per heavy atom. The first kappa shape index (κ1) is 19.8. The highest BCUT2D eigenvalue weighted by molar-refractivity contribution is 7.89. The summed E-state index contributed by atoms with van der Waals surface area (Å²) >= 11 is 0. The van der Waals surface area contributed by atoms with Gasteiger partial charge in [-0.3, -0.25) is 4.79 Å². The van der Waals surface area contributed by atoms with E-state index in [1.165, 1.54) is 23.4 Å². The minimum Gasteiger partial charge on any atom is -0.356 e. The molecule has 0 aliphatic carbocycles. The van der Waals surface area contributed by atoms with E-state index in [0.717, 1.165) is 48.8 Å². The molecule has 1 aromatic carbocycles. The fourth-order valence-electron chi connectivity index (χ4n) is 3.95. The molecule has 8 nitrogen and oxygen atoms in total. The number of amides is 1. The van der Waals surface area contributed by atoms with Gasteiger partial charge in [-0.15, -0.1) is 0 Å². The number of hydrogen-bond acceptors (Lipinski definition) is 6. The van der Waals surface area contributed by atoms with Gasteiger partial charge >= 0.3 is 0 Å². The second-order valence-corrected chi connectivity index (χ2v) is 9.45. The second-order valence-electron chi connectivity index (χ2n) is 7.51. The highest BCUT2D eigenvalue weighted by Crippen LogP contribution is 2.31. The van der Waals surface area contributed by atoms with Crippen LogP contribution >= 0.6 is 0 Å². The Morgan fingerprint density at radius 1 is 1.07 bits per heavy atom. The zero-order valence-electron chi connectivity index (χ0n) is 16.7. The Kier molecular flexibility index (Phi) is 5.26. The van der Waals surface area contributed by atoms with Crippen LogP contribution in [-0.2, 0) is 27.8 Å². The van der Waals surface area contributed by atoms with Crippen LogP contribution in [0.15, 0.2) is 29.2 Å². The number of carbonyl (C=O) groups is 1. The van der Waals surface area contributed by atoms with E-state index in [4.69, 9.17) is 0 Å². The number of nitrogens with one attached hydrogen (secondary N) is 1. The summed E-state index contributed by atoms with van der Waals surface area (Å²) < 4.78 is 27.9. The van der Waals surface area contributed by atoms with Gasteiger partial charge in [0, 0.05) is 50.8 Å². The van der Waals surface area contributed by atoms with Crippen molar-refractivity contribution >= 4 is 27.4 Å². The lowest BCUT2D eigenvalue weighted by Crippen LogP contribution is -2.38. The van der Waals surface area contributed by atoms with Gasteiger partial charge in [-0.2, -0.15) is 4.31 Å². The van der Waals surface area contributed by atoms with Gasteiger partial charge in [-0.05, 0) is 44.0 Å². The van der Waals surface area contributed by atoms with Gasteiger partial charge in [0.1, 0.15) is 11.6 Å². The Hall–Kier alpha value is -2.52. The van der Waals surface area contributed by atoms with Crippen LogP contribution < -0.4 is 10.2 Å². The summed E-state index contributed by atoms with van der Waals surface area (Å²) in [5, 5.41) is 2.65. The number of sulfonamides is 1. The van der Waals surface area contributed by atoms with Crippen LogP contribution in [0.4, 0.5) is 11.5 Å². The van der Waals surface area contributed by atoms with Crippen LogP contribution in [0.2, 0.25) is 0 Å². The minimum absolute atomic E-state index is 0.196. The largest absolute Gasteiger partial charge is 0.356 e. The molecule has 9 heteroatoms. The fraction of sp³-hybridized carbons (Fsp3) is 0.450. The topological polar surface area (TPSA) is 95.5 Å². The SMILES string of the molecule is CC(=O)Nc1ccc(S(=O)(=O)N2CCc3nc(C)nc(N4CCCC4)c3C2)cc1. The predicted molar refractivity (Wildman–Crippen MR) is 110 cm³/mol. The summed E-state index contributed by atoms with van der Waals surface area (Å²) in [6.07, 6.45) is 2.82. The Morgan fingerprint density at radius 3 is 2.41 bits per heavy atom. The summed E-state index contributed by atoms with van der Waals surface area (Å²) in [5.74, 6) is 1.42. The lowest BCUT2D eigenvalue weighted by atomic mass is 10.1. The molecule has 2 aromatic rings. The molecule has 1 amide bonds. The van der Waals surface area contributed by atoms with Gasteiger partial charge in [0.15, 0.2) is 0 Å². The highest BCUT2D eigenvalue weighted by Gasteiger charge is 2.32. The van der Waals surface area contributed by atoms with Crippen molar-refractivity contribution < 1.29 is 13.2 Å². The van der Waals surface area contributed by atoms with E-state index in [-0.39, 0.29) is 17.3 Å². The smallest absolute Gasteiger partial charge is 0.243 e. The van der Waals surface area contributed by atoms with Crippen molar-refractivity contribution in [3.63, 3.8) is 0 Å². The first-order valence-corrected chi connectivity index (χ1v) is 11.3. The van der Waals surface area contributed by atoms with E-state index in [0.29, 0.717) is 18.7 Å². The van der Waals surface area contributed by atoms with E-state index in [9.17, 15) is 13.2 Å². The summed E-state index contributed by atoms with van der Waals surface area (Å²) in [7, 11) is -3.65. The molecule has 3 heterocycles. The number of aryl methyl sites for hydroxylation is 1. The molecule has 1 aromatic heterocycles. The lowest BCUT2D eigenvalue weighted by molar-refractivity contribution is -0.114. The van der Waals surface area contributed by atoms with E-state index in [1.807, 2.05) is 6.92 Å². The van der Waals surface area contributed by atoms with Crippen molar-refractivity contribution in [3.05, 3.63) is 41.3 Å². The Labute approximate surface area is 171 Å². The first-order valence-electron chi connectivity index (χ1n) is 9.84. The Bertz CT molecular complexity index is 1030. The molecule has 1 saturated heterocycles.